The van der Waals surface area contributed by atoms with Crippen LogP contribution >= 0.6 is 0 Å². The van der Waals surface area contributed by atoms with Gasteiger partial charge >= 0.3 is 0 Å². The number of aliphatic hydroxyl groups is 12. The van der Waals surface area contributed by atoms with Gasteiger partial charge in [0.2, 0.25) is 0 Å². The van der Waals surface area contributed by atoms with E-state index in [-0.39, 0.29) is 0 Å². The van der Waals surface area contributed by atoms with Crippen LogP contribution in [0.1, 0.15) is 0 Å². The second-order valence-electron chi connectivity index (χ2n) is 8.14. The third-order valence-corrected chi connectivity index (χ3v) is 5.72. The Morgan fingerprint density at radius 1 is 0.618 bits per heavy atom. The molecule has 2 saturated heterocycles. The zero-order chi connectivity index (χ0) is 25.7. The second-order valence-corrected chi connectivity index (χ2v) is 8.14. The van der Waals surface area contributed by atoms with Crippen LogP contribution in [0, 0.1) is 0 Å². The van der Waals surface area contributed by atoms with Crippen molar-refractivity contribution in [1.29, 1.82) is 0 Å². The van der Waals surface area contributed by atoms with E-state index in [9.17, 15) is 56.2 Å². The summed E-state index contributed by atoms with van der Waals surface area (Å²) in [5.74, 6) is 0. The fourth-order valence-corrected chi connectivity index (χ4v) is 3.54. The van der Waals surface area contributed by atoms with Crippen LogP contribution < -0.4 is 0 Å². The molecule has 2 rings (SSSR count). The van der Waals surface area contributed by atoms with Crippen molar-refractivity contribution < 1.29 is 80.2 Å². The largest absolute Gasteiger partial charge is 0.394 e. The summed E-state index contributed by atoms with van der Waals surface area (Å²) in [4.78, 5) is 0. The first kappa shape index (κ1) is 29.6. The summed E-state index contributed by atoms with van der Waals surface area (Å²) < 4.78 is 21.0. The normalized spacial score (nSPS) is 42.7. The second kappa shape index (κ2) is 13.1. The molecule has 0 aromatic heterocycles. The van der Waals surface area contributed by atoms with E-state index in [0.29, 0.717) is 0 Å². The number of aliphatic hydroxyl groups excluding tert-OH is 12. The zero-order valence-corrected chi connectivity index (χ0v) is 17.9. The molecule has 2 aliphatic rings. The molecule has 2 aliphatic heterocycles. The molecule has 12 N–H and O–H groups in total. The van der Waals surface area contributed by atoms with Crippen LogP contribution in [0.15, 0.2) is 0 Å². The van der Waals surface area contributed by atoms with E-state index in [0.717, 1.165) is 0 Å². The Bertz CT molecular complexity index is 596. The molecular weight excluding hydrogens is 472 g/mol. The van der Waals surface area contributed by atoms with Gasteiger partial charge in [-0.15, -0.1) is 0 Å². The van der Waals surface area contributed by atoms with Gasteiger partial charge < -0.3 is 80.2 Å². The molecule has 0 aromatic carbocycles. The third-order valence-electron chi connectivity index (χ3n) is 5.72. The first-order chi connectivity index (χ1) is 16.0. The van der Waals surface area contributed by atoms with Crippen LogP contribution in [-0.2, 0) is 18.9 Å². The van der Waals surface area contributed by atoms with Gasteiger partial charge in [-0.2, -0.15) is 0 Å². The molecule has 0 radical (unpaired) electrons. The Hall–Kier alpha value is -0.640. The summed E-state index contributed by atoms with van der Waals surface area (Å²) in [6.07, 6.45) is -24.3. The molecule has 2 fully saturated rings. The topological polar surface area (TPSA) is 280 Å². The summed E-state index contributed by atoms with van der Waals surface area (Å²) >= 11 is 0. The highest BCUT2D eigenvalue weighted by molar-refractivity contribution is 4.94. The van der Waals surface area contributed by atoms with Crippen molar-refractivity contribution >= 4 is 0 Å². The summed E-state index contributed by atoms with van der Waals surface area (Å²) in [6, 6.07) is 0. The van der Waals surface area contributed by atoms with Crippen molar-refractivity contribution in [1.82, 2.24) is 0 Å². The summed E-state index contributed by atoms with van der Waals surface area (Å²) in [6.45, 7) is -3.25. The predicted octanol–water partition coefficient (Wildman–Crippen LogP) is -7.94. The van der Waals surface area contributed by atoms with Crippen molar-refractivity contribution in [2.45, 2.75) is 85.8 Å². The predicted molar refractivity (Wildman–Crippen MR) is 103 cm³/mol. The highest BCUT2D eigenvalue weighted by Gasteiger charge is 2.51. The number of rotatable bonds is 11. The van der Waals surface area contributed by atoms with Crippen LogP contribution in [0.2, 0.25) is 0 Å². The number of hydrogen-bond acceptors (Lipinski definition) is 16. The van der Waals surface area contributed by atoms with Gasteiger partial charge in [-0.25, -0.2) is 0 Å². The van der Waals surface area contributed by atoms with Gasteiger partial charge in [0.25, 0.3) is 0 Å². The van der Waals surface area contributed by atoms with E-state index in [2.05, 4.69) is 0 Å². The monoisotopic (exact) mass is 506 g/mol. The van der Waals surface area contributed by atoms with Gasteiger partial charge in [-0.3, -0.25) is 0 Å². The van der Waals surface area contributed by atoms with Gasteiger partial charge in [0.1, 0.15) is 73.2 Å². The Labute approximate surface area is 193 Å². The Kier molecular flexibility index (Phi) is 11.4. The van der Waals surface area contributed by atoms with Gasteiger partial charge in [-0.1, -0.05) is 0 Å². The van der Waals surface area contributed by atoms with Crippen LogP contribution in [0.25, 0.3) is 0 Å². The average molecular weight is 506 g/mol. The minimum absolute atomic E-state index is 0.758. The van der Waals surface area contributed by atoms with Crippen LogP contribution in [0.5, 0.6) is 0 Å². The maximum atomic E-state index is 10.6. The van der Waals surface area contributed by atoms with Crippen molar-refractivity contribution in [2.75, 3.05) is 26.4 Å². The average Bonchev–Trinajstić information content (AvgIpc) is 2.84. The highest BCUT2D eigenvalue weighted by atomic mass is 16.7. The Morgan fingerprint density at radius 3 is 1.71 bits per heavy atom. The van der Waals surface area contributed by atoms with E-state index < -0.39 is 112 Å². The first-order valence-electron chi connectivity index (χ1n) is 10.5. The van der Waals surface area contributed by atoms with E-state index in [1.165, 1.54) is 0 Å². The number of ether oxygens (including phenoxy) is 4. The maximum Gasteiger partial charge on any atom is 0.187 e. The smallest absolute Gasteiger partial charge is 0.187 e. The number of hydrogen-bond donors (Lipinski definition) is 12. The summed E-state index contributed by atoms with van der Waals surface area (Å²) in [5, 5.41) is 117. The molecule has 16 nitrogen and oxygen atoms in total. The summed E-state index contributed by atoms with van der Waals surface area (Å²) in [7, 11) is 0. The summed E-state index contributed by atoms with van der Waals surface area (Å²) in [5.41, 5.74) is 0. The lowest BCUT2D eigenvalue weighted by Gasteiger charge is -2.46. The van der Waals surface area contributed by atoms with Crippen molar-refractivity contribution in [2.24, 2.45) is 0 Å². The lowest BCUT2D eigenvalue weighted by Crippen LogP contribution is -2.65. The van der Waals surface area contributed by atoms with E-state index in [1.807, 2.05) is 0 Å². The highest BCUT2D eigenvalue weighted by Crippen LogP contribution is 2.29. The molecule has 0 bridgehead atoms. The quantitative estimate of drug-likeness (QED) is 0.124. The van der Waals surface area contributed by atoms with Crippen molar-refractivity contribution in [3.63, 3.8) is 0 Å². The van der Waals surface area contributed by atoms with Gasteiger partial charge in [0.05, 0.1) is 26.4 Å². The molecule has 1 unspecified atom stereocenters. The SMILES string of the molecule is OCC(O)[C@@H](O)[C@H](O)[C@H](O)CO[C@H]1O[C@H](CO)[C@@H](O)[C@H](O[C@@H]2O[C@H](CO)[C@H](O)[C@H](O)[C@H]2O)[C@H]1O. The fourth-order valence-electron chi connectivity index (χ4n) is 3.54. The standard InChI is InChI=1S/C18H34O16/c19-1-5(22)9(24)10(25)6(23)4-31-17-15(30)16(12(27)8(3-21)32-17)34-18-14(29)13(28)11(26)7(2-20)33-18/h5-30H,1-4H2/t5?,6-,7-,8-,9-,10-,11+,12-,13+,14-,15-,16+,17+,18+/m1/s1. The van der Waals surface area contributed by atoms with Crippen LogP contribution in [0.3, 0.4) is 0 Å². The first-order valence-corrected chi connectivity index (χ1v) is 10.5. The molecule has 0 aliphatic carbocycles. The van der Waals surface area contributed by atoms with Gasteiger partial charge in [0, 0.05) is 0 Å². The fraction of sp³-hybridized carbons (Fsp3) is 1.00. The van der Waals surface area contributed by atoms with Gasteiger partial charge in [0.15, 0.2) is 12.6 Å². The Balaban J connectivity index is 2.08. The molecule has 0 saturated carbocycles. The molecule has 0 spiro atoms. The van der Waals surface area contributed by atoms with Gasteiger partial charge in [-0.05, 0) is 0 Å². The maximum absolute atomic E-state index is 10.6. The molecule has 2 heterocycles. The lowest BCUT2D eigenvalue weighted by molar-refractivity contribution is -0.361. The third kappa shape index (κ3) is 6.56. The van der Waals surface area contributed by atoms with Crippen molar-refractivity contribution in [3.8, 4) is 0 Å². The Morgan fingerprint density at radius 2 is 1.15 bits per heavy atom. The molecular formula is C18H34O16. The van der Waals surface area contributed by atoms with Crippen LogP contribution in [0.4, 0.5) is 0 Å². The molecule has 16 heteroatoms. The molecule has 202 valence electrons. The van der Waals surface area contributed by atoms with Crippen molar-refractivity contribution in [3.05, 3.63) is 0 Å². The molecule has 34 heavy (non-hydrogen) atoms. The molecule has 14 atom stereocenters. The van der Waals surface area contributed by atoms with E-state index in [4.69, 9.17) is 24.1 Å². The zero-order valence-electron chi connectivity index (χ0n) is 17.9. The van der Waals surface area contributed by atoms with E-state index >= 15 is 0 Å². The minimum Gasteiger partial charge on any atom is -0.394 e. The lowest BCUT2D eigenvalue weighted by atomic mass is 9.97. The molecule has 0 aromatic rings. The van der Waals surface area contributed by atoms with E-state index in [1.54, 1.807) is 0 Å². The van der Waals surface area contributed by atoms with Crippen LogP contribution in [-0.4, -0.2) is 174 Å². The molecule has 0 amide bonds. The minimum atomic E-state index is -1.97.